The minimum Gasteiger partial charge on any atom is -0.334 e. The normalized spacial score (nSPS) is 10.3. The van der Waals surface area contributed by atoms with Crippen molar-refractivity contribution in [2.75, 3.05) is 5.32 Å². The third-order valence-electron chi connectivity index (χ3n) is 2.76. The van der Waals surface area contributed by atoms with Gasteiger partial charge in [0, 0.05) is 22.4 Å². The van der Waals surface area contributed by atoms with Gasteiger partial charge in [-0.05, 0) is 40.9 Å². The van der Waals surface area contributed by atoms with Crippen molar-refractivity contribution in [2.24, 2.45) is 0 Å². The Kier molecular flexibility index (Phi) is 3.80. The number of anilines is 2. The average Bonchev–Trinajstić information content (AvgIpc) is 2.35. The molecule has 0 saturated carbocycles. The van der Waals surface area contributed by atoms with Gasteiger partial charge in [0.25, 0.3) is 0 Å². The van der Waals surface area contributed by atoms with Crippen LogP contribution in [-0.2, 0) is 0 Å². The number of nitrogens with zero attached hydrogens (tertiary/aromatic N) is 2. The SMILES string of the molecule is Cc1cccc(C)c1Nc1ncc(Br)cc1[N+](=O)[O-]. The van der Waals surface area contributed by atoms with Gasteiger partial charge in [-0.25, -0.2) is 4.98 Å². The monoisotopic (exact) mass is 321 g/mol. The third kappa shape index (κ3) is 2.90. The second-order valence-corrected chi connectivity index (χ2v) is 5.09. The molecular weight excluding hydrogens is 310 g/mol. The number of halogens is 1. The number of nitrogens with one attached hydrogen (secondary N) is 1. The van der Waals surface area contributed by atoms with Crippen LogP contribution in [0, 0.1) is 24.0 Å². The largest absolute Gasteiger partial charge is 0.334 e. The molecule has 1 N–H and O–H groups in total. The number of hydrogen-bond acceptors (Lipinski definition) is 4. The van der Waals surface area contributed by atoms with E-state index < -0.39 is 4.92 Å². The second kappa shape index (κ2) is 5.36. The molecule has 2 rings (SSSR count). The van der Waals surface area contributed by atoms with E-state index in [1.807, 2.05) is 32.0 Å². The number of aromatic nitrogens is 1. The van der Waals surface area contributed by atoms with Gasteiger partial charge in [0.2, 0.25) is 5.82 Å². The molecule has 0 amide bonds. The summed E-state index contributed by atoms with van der Waals surface area (Å²) in [6.45, 7) is 3.89. The van der Waals surface area contributed by atoms with Gasteiger partial charge >= 0.3 is 5.69 Å². The first-order valence-corrected chi connectivity index (χ1v) is 6.41. The smallest absolute Gasteiger partial charge is 0.312 e. The van der Waals surface area contributed by atoms with E-state index in [0.717, 1.165) is 16.8 Å². The van der Waals surface area contributed by atoms with E-state index in [1.165, 1.54) is 12.3 Å². The van der Waals surface area contributed by atoms with E-state index in [2.05, 4.69) is 26.2 Å². The molecule has 6 heteroatoms. The number of hydrogen-bond donors (Lipinski definition) is 1. The molecule has 0 spiro atoms. The Balaban J connectivity index is 2.47. The molecule has 0 aliphatic carbocycles. The second-order valence-electron chi connectivity index (χ2n) is 4.17. The van der Waals surface area contributed by atoms with E-state index in [9.17, 15) is 10.1 Å². The topological polar surface area (TPSA) is 68.1 Å². The van der Waals surface area contributed by atoms with Crippen molar-refractivity contribution in [1.82, 2.24) is 4.98 Å². The molecule has 1 heterocycles. The molecule has 0 unspecified atom stereocenters. The number of benzene rings is 1. The third-order valence-corrected chi connectivity index (χ3v) is 3.19. The van der Waals surface area contributed by atoms with E-state index in [1.54, 1.807) is 0 Å². The highest BCUT2D eigenvalue weighted by Crippen LogP contribution is 2.30. The van der Waals surface area contributed by atoms with Crippen molar-refractivity contribution in [2.45, 2.75) is 13.8 Å². The Morgan fingerprint density at radius 1 is 1.32 bits per heavy atom. The van der Waals surface area contributed by atoms with Crippen LogP contribution in [0.4, 0.5) is 17.2 Å². The molecule has 19 heavy (non-hydrogen) atoms. The first-order valence-electron chi connectivity index (χ1n) is 5.62. The summed E-state index contributed by atoms with van der Waals surface area (Å²) in [5.74, 6) is 0.241. The van der Waals surface area contributed by atoms with Crippen LogP contribution in [0.5, 0.6) is 0 Å². The number of nitro groups is 1. The van der Waals surface area contributed by atoms with Crippen LogP contribution in [0.3, 0.4) is 0 Å². The number of aryl methyl sites for hydroxylation is 2. The fourth-order valence-corrected chi connectivity index (χ4v) is 2.11. The molecule has 0 fully saturated rings. The van der Waals surface area contributed by atoms with Crippen molar-refractivity contribution in [3.05, 3.63) is 56.2 Å². The Bertz CT molecular complexity index is 624. The van der Waals surface area contributed by atoms with Gasteiger partial charge in [0.15, 0.2) is 0 Å². The maximum Gasteiger partial charge on any atom is 0.312 e. The molecule has 5 nitrogen and oxygen atoms in total. The van der Waals surface area contributed by atoms with Crippen LogP contribution in [0.2, 0.25) is 0 Å². The number of pyridine rings is 1. The molecule has 1 aromatic carbocycles. The summed E-state index contributed by atoms with van der Waals surface area (Å²) in [5.41, 5.74) is 2.82. The lowest BCUT2D eigenvalue weighted by Gasteiger charge is -2.12. The van der Waals surface area contributed by atoms with Crippen molar-refractivity contribution in [1.29, 1.82) is 0 Å². The highest BCUT2D eigenvalue weighted by Gasteiger charge is 2.17. The first-order chi connectivity index (χ1) is 8.99. The van der Waals surface area contributed by atoms with Crippen LogP contribution >= 0.6 is 15.9 Å². The maximum absolute atomic E-state index is 11.0. The van der Waals surface area contributed by atoms with Crippen LogP contribution in [0.15, 0.2) is 34.9 Å². The van der Waals surface area contributed by atoms with Gasteiger partial charge in [-0.15, -0.1) is 0 Å². The summed E-state index contributed by atoms with van der Waals surface area (Å²) < 4.78 is 0.575. The lowest BCUT2D eigenvalue weighted by atomic mass is 10.1. The number of rotatable bonds is 3. The van der Waals surface area contributed by atoms with E-state index in [4.69, 9.17) is 0 Å². The zero-order valence-corrected chi connectivity index (χ0v) is 12.1. The summed E-state index contributed by atoms with van der Waals surface area (Å²) in [6.07, 6.45) is 1.53. The van der Waals surface area contributed by atoms with Gasteiger partial charge in [0.1, 0.15) is 0 Å². The van der Waals surface area contributed by atoms with Crippen LogP contribution in [-0.4, -0.2) is 9.91 Å². The minimum absolute atomic E-state index is 0.0583. The fraction of sp³-hybridized carbons (Fsp3) is 0.154. The highest BCUT2D eigenvalue weighted by molar-refractivity contribution is 9.10. The summed E-state index contributed by atoms with van der Waals surface area (Å²) in [7, 11) is 0. The predicted molar refractivity (Wildman–Crippen MR) is 77.8 cm³/mol. The summed E-state index contributed by atoms with van der Waals surface area (Å²) in [6, 6.07) is 7.27. The van der Waals surface area contributed by atoms with Crippen LogP contribution < -0.4 is 5.32 Å². The zero-order chi connectivity index (χ0) is 14.0. The molecule has 0 radical (unpaired) electrons. The Labute approximate surface area is 119 Å². The Morgan fingerprint density at radius 3 is 2.53 bits per heavy atom. The van der Waals surface area contributed by atoms with E-state index >= 15 is 0 Å². The molecule has 0 bridgehead atoms. The molecule has 0 aliphatic heterocycles. The molecule has 2 aromatic rings. The molecule has 0 atom stereocenters. The van der Waals surface area contributed by atoms with Crippen LogP contribution in [0.1, 0.15) is 11.1 Å². The maximum atomic E-state index is 11.0. The summed E-state index contributed by atoms with van der Waals surface area (Å²) in [5, 5.41) is 14.1. The highest BCUT2D eigenvalue weighted by atomic mass is 79.9. The summed E-state index contributed by atoms with van der Waals surface area (Å²) >= 11 is 3.18. The Morgan fingerprint density at radius 2 is 1.95 bits per heavy atom. The first kappa shape index (κ1) is 13.5. The van der Waals surface area contributed by atoms with Crippen molar-refractivity contribution in [3.63, 3.8) is 0 Å². The average molecular weight is 322 g/mol. The molecule has 98 valence electrons. The zero-order valence-electron chi connectivity index (χ0n) is 10.5. The van der Waals surface area contributed by atoms with Gasteiger partial charge < -0.3 is 5.32 Å². The molecule has 0 aliphatic rings. The lowest BCUT2D eigenvalue weighted by molar-refractivity contribution is -0.384. The van der Waals surface area contributed by atoms with Crippen LogP contribution in [0.25, 0.3) is 0 Å². The van der Waals surface area contributed by atoms with Crippen molar-refractivity contribution < 1.29 is 4.92 Å². The van der Waals surface area contributed by atoms with Crippen molar-refractivity contribution >= 4 is 33.1 Å². The van der Waals surface area contributed by atoms with Crippen molar-refractivity contribution in [3.8, 4) is 0 Å². The minimum atomic E-state index is -0.451. The standard InChI is InChI=1S/C13H12BrN3O2/c1-8-4-3-5-9(2)12(8)16-13-11(17(18)19)6-10(14)7-15-13/h3-7H,1-2H3,(H,15,16). The predicted octanol–water partition coefficient (Wildman–Crippen LogP) is 4.11. The van der Waals surface area contributed by atoms with Gasteiger partial charge in [-0.1, -0.05) is 18.2 Å². The molecular formula is C13H12BrN3O2. The molecule has 0 saturated heterocycles. The molecule has 1 aromatic heterocycles. The summed E-state index contributed by atoms with van der Waals surface area (Å²) in [4.78, 5) is 14.7. The number of para-hydroxylation sites is 1. The van der Waals surface area contributed by atoms with E-state index in [-0.39, 0.29) is 11.5 Å². The van der Waals surface area contributed by atoms with Gasteiger partial charge in [-0.3, -0.25) is 10.1 Å². The van der Waals surface area contributed by atoms with Gasteiger partial charge in [0.05, 0.1) is 4.92 Å². The Hall–Kier alpha value is -1.95. The van der Waals surface area contributed by atoms with E-state index in [0.29, 0.717) is 4.47 Å². The lowest BCUT2D eigenvalue weighted by Crippen LogP contribution is -2.02. The van der Waals surface area contributed by atoms with Gasteiger partial charge in [-0.2, -0.15) is 0 Å². The fourth-order valence-electron chi connectivity index (χ4n) is 1.79. The quantitative estimate of drug-likeness (QED) is 0.682.